The SMILES string of the molecule is CSC1CCCC1NC1CCC12CCCCC2. The van der Waals surface area contributed by atoms with Crippen LogP contribution in [0, 0.1) is 5.41 Å². The lowest BCUT2D eigenvalue weighted by Gasteiger charge is -2.53. The summed E-state index contributed by atoms with van der Waals surface area (Å²) in [7, 11) is 0. The highest BCUT2D eigenvalue weighted by molar-refractivity contribution is 7.99. The summed E-state index contributed by atoms with van der Waals surface area (Å²) in [5, 5.41) is 4.96. The van der Waals surface area contributed by atoms with Crippen LogP contribution in [0.25, 0.3) is 0 Å². The van der Waals surface area contributed by atoms with Crippen LogP contribution >= 0.6 is 11.8 Å². The van der Waals surface area contributed by atoms with Gasteiger partial charge in [-0.1, -0.05) is 25.7 Å². The topological polar surface area (TPSA) is 12.0 Å². The van der Waals surface area contributed by atoms with Gasteiger partial charge in [-0.2, -0.15) is 11.8 Å². The lowest BCUT2D eigenvalue weighted by atomic mass is 9.57. The second-order valence-electron chi connectivity index (χ2n) is 6.49. The molecule has 17 heavy (non-hydrogen) atoms. The molecule has 0 aromatic heterocycles. The molecule has 1 spiro atoms. The summed E-state index contributed by atoms with van der Waals surface area (Å²) < 4.78 is 0. The average molecular weight is 253 g/mol. The summed E-state index contributed by atoms with van der Waals surface area (Å²) >= 11 is 2.09. The van der Waals surface area contributed by atoms with E-state index < -0.39 is 0 Å². The molecule has 3 atom stereocenters. The molecule has 0 saturated heterocycles. The molecule has 0 aliphatic heterocycles. The van der Waals surface area contributed by atoms with E-state index >= 15 is 0 Å². The molecule has 0 bridgehead atoms. The monoisotopic (exact) mass is 253 g/mol. The first kappa shape index (κ1) is 12.3. The molecule has 3 saturated carbocycles. The van der Waals surface area contributed by atoms with Crippen molar-refractivity contribution < 1.29 is 0 Å². The molecular formula is C15H27NS. The fourth-order valence-corrected chi connectivity index (χ4v) is 5.41. The predicted molar refractivity (Wildman–Crippen MR) is 76.6 cm³/mol. The fourth-order valence-electron chi connectivity index (χ4n) is 4.47. The van der Waals surface area contributed by atoms with Gasteiger partial charge < -0.3 is 5.32 Å². The van der Waals surface area contributed by atoms with E-state index in [0.717, 1.165) is 22.7 Å². The Balaban J connectivity index is 1.58. The third-order valence-corrected chi connectivity index (χ3v) is 6.86. The zero-order valence-corrected chi connectivity index (χ0v) is 12.0. The van der Waals surface area contributed by atoms with Crippen molar-refractivity contribution in [2.45, 2.75) is 81.5 Å². The predicted octanol–water partition coefficient (Wildman–Crippen LogP) is 3.97. The molecule has 1 N–H and O–H groups in total. The lowest BCUT2D eigenvalue weighted by Crippen LogP contribution is -2.57. The summed E-state index contributed by atoms with van der Waals surface area (Å²) in [5.74, 6) is 0. The molecule has 2 heteroatoms. The van der Waals surface area contributed by atoms with Gasteiger partial charge in [0, 0.05) is 17.3 Å². The molecule has 3 unspecified atom stereocenters. The average Bonchev–Trinajstić information content (AvgIpc) is 2.83. The Labute approximate surface area is 111 Å². The molecule has 0 aromatic carbocycles. The molecule has 0 amide bonds. The van der Waals surface area contributed by atoms with Crippen LogP contribution in [-0.4, -0.2) is 23.6 Å². The summed E-state index contributed by atoms with van der Waals surface area (Å²) in [4.78, 5) is 0. The van der Waals surface area contributed by atoms with E-state index in [9.17, 15) is 0 Å². The van der Waals surface area contributed by atoms with Crippen molar-refractivity contribution in [1.82, 2.24) is 5.32 Å². The molecule has 0 aromatic rings. The first-order chi connectivity index (χ1) is 8.34. The summed E-state index contributed by atoms with van der Waals surface area (Å²) in [6.07, 6.45) is 17.1. The second-order valence-corrected chi connectivity index (χ2v) is 7.57. The van der Waals surface area contributed by atoms with Crippen LogP contribution in [-0.2, 0) is 0 Å². The van der Waals surface area contributed by atoms with Gasteiger partial charge in [-0.3, -0.25) is 0 Å². The van der Waals surface area contributed by atoms with Crippen LogP contribution in [0.4, 0.5) is 0 Å². The standard InChI is InChI=1S/C15H27NS/c1-17-13-7-5-6-12(13)16-14-8-11-15(14)9-3-2-4-10-15/h12-14,16H,2-11H2,1H3. The van der Waals surface area contributed by atoms with Gasteiger partial charge in [0.1, 0.15) is 0 Å². The van der Waals surface area contributed by atoms with Gasteiger partial charge in [0.2, 0.25) is 0 Å². The third-order valence-electron chi connectivity index (χ3n) is 5.69. The zero-order valence-electron chi connectivity index (χ0n) is 11.2. The molecular weight excluding hydrogens is 226 g/mol. The van der Waals surface area contributed by atoms with Crippen LogP contribution in [0.15, 0.2) is 0 Å². The van der Waals surface area contributed by atoms with Crippen LogP contribution < -0.4 is 5.32 Å². The Morgan fingerprint density at radius 3 is 2.41 bits per heavy atom. The minimum atomic E-state index is 0.740. The molecule has 0 radical (unpaired) electrons. The van der Waals surface area contributed by atoms with E-state index in [4.69, 9.17) is 0 Å². The van der Waals surface area contributed by atoms with Crippen molar-refractivity contribution >= 4 is 11.8 Å². The van der Waals surface area contributed by atoms with Crippen molar-refractivity contribution in [2.75, 3.05) is 6.26 Å². The van der Waals surface area contributed by atoms with Crippen molar-refractivity contribution in [2.24, 2.45) is 5.41 Å². The van der Waals surface area contributed by atoms with E-state index in [-0.39, 0.29) is 0 Å². The Hall–Kier alpha value is 0.310. The minimum absolute atomic E-state index is 0.740. The smallest absolute Gasteiger partial charge is 0.0198 e. The van der Waals surface area contributed by atoms with Crippen LogP contribution in [0.5, 0.6) is 0 Å². The van der Waals surface area contributed by atoms with Gasteiger partial charge in [-0.25, -0.2) is 0 Å². The highest BCUT2D eigenvalue weighted by Crippen LogP contribution is 2.52. The van der Waals surface area contributed by atoms with E-state index in [1.807, 2.05) is 0 Å². The summed E-state index contributed by atoms with van der Waals surface area (Å²) in [6.45, 7) is 0. The van der Waals surface area contributed by atoms with Crippen LogP contribution in [0.2, 0.25) is 0 Å². The number of rotatable bonds is 3. The Morgan fingerprint density at radius 2 is 1.76 bits per heavy atom. The molecule has 3 aliphatic rings. The van der Waals surface area contributed by atoms with E-state index in [1.54, 1.807) is 0 Å². The molecule has 3 aliphatic carbocycles. The third kappa shape index (κ3) is 2.28. The second kappa shape index (κ2) is 5.13. The van der Waals surface area contributed by atoms with Gasteiger partial charge in [-0.05, 0) is 50.2 Å². The van der Waals surface area contributed by atoms with Crippen LogP contribution in [0.1, 0.15) is 64.2 Å². The van der Waals surface area contributed by atoms with Crippen molar-refractivity contribution in [3.05, 3.63) is 0 Å². The van der Waals surface area contributed by atoms with E-state index in [0.29, 0.717) is 0 Å². The maximum absolute atomic E-state index is 4.06. The van der Waals surface area contributed by atoms with Crippen LogP contribution in [0.3, 0.4) is 0 Å². The molecule has 3 rings (SSSR count). The van der Waals surface area contributed by atoms with Crippen molar-refractivity contribution in [3.63, 3.8) is 0 Å². The molecule has 3 fully saturated rings. The van der Waals surface area contributed by atoms with Gasteiger partial charge in [0.05, 0.1) is 0 Å². The van der Waals surface area contributed by atoms with E-state index in [2.05, 4.69) is 23.3 Å². The summed E-state index contributed by atoms with van der Waals surface area (Å²) in [5.41, 5.74) is 0.740. The van der Waals surface area contributed by atoms with Crippen molar-refractivity contribution in [1.29, 1.82) is 0 Å². The van der Waals surface area contributed by atoms with Gasteiger partial charge in [0.15, 0.2) is 0 Å². The largest absolute Gasteiger partial charge is 0.310 e. The first-order valence-electron chi connectivity index (χ1n) is 7.63. The van der Waals surface area contributed by atoms with Gasteiger partial charge >= 0.3 is 0 Å². The maximum atomic E-state index is 4.06. The highest BCUT2D eigenvalue weighted by atomic mass is 32.2. The lowest BCUT2D eigenvalue weighted by molar-refractivity contribution is 0.0172. The Morgan fingerprint density at radius 1 is 0.941 bits per heavy atom. The number of hydrogen-bond acceptors (Lipinski definition) is 2. The first-order valence-corrected chi connectivity index (χ1v) is 8.92. The number of thioether (sulfide) groups is 1. The van der Waals surface area contributed by atoms with Gasteiger partial charge in [0.25, 0.3) is 0 Å². The van der Waals surface area contributed by atoms with E-state index in [1.165, 1.54) is 64.2 Å². The number of nitrogens with one attached hydrogen (secondary N) is 1. The highest BCUT2D eigenvalue weighted by Gasteiger charge is 2.47. The fraction of sp³-hybridized carbons (Fsp3) is 1.00. The Bertz CT molecular complexity index is 260. The zero-order chi connectivity index (χ0) is 11.7. The molecule has 0 heterocycles. The van der Waals surface area contributed by atoms with Gasteiger partial charge in [-0.15, -0.1) is 0 Å². The quantitative estimate of drug-likeness (QED) is 0.816. The maximum Gasteiger partial charge on any atom is 0.0198 e. The normalized spacial score (nSPS) is 40.4. The Kier molecular flexibility index (Phi) is 3.72. The molecule has 1 nitrogen and oxygen atoms in total. The minimum Gasteiger partial charge on any atom is -0.310 e. The summed E-state index contributed by atoms with van der Waals surface area (Å²) in [6, 6.07) is 1.70. The molecule has 98 valence electrons. The van der Waals surface area contributed by atoms with Crippen molar-refractivity contribution in [3.8, 4) is 0 Å². The number of hydrogen-bond donors (Lipinski definition) is 1.